The molecular weight excluding hydrogens is 374 g/mol. The Labute approximate surface area is 166 Å². The quantitative estimate of drug-likeness (QED) is 0.705. The number of aryl methyl sites for hydroxylation is 2. The van der Waals surface area contributed by atoms with Gasteiger partial charge in [0.2, 0.25) is 0 Å². The average Bonchev–Trinajstić information content (AvgIpc) is 2.70. The van der Waals surface area contributed by atoms with Gasteiger partial charge in [0.05, 0.1) is 10.6 Å². The van der Waals surface area contributed by atoms with Gasteiger partial charge in [0, 0.05) is 20.2 Å². The van der Waals surface area contributed by atoms with Crippen LogP contribution in [-0.2, 0) is 10.0 Å². The van der Waals surface area contributed by atoms with Crippen molar-refractivity contribution in [3.8, 4) is 0 Å². The van der Waals surface area contributed by atoms with Gasteiger partial charge in [0.15, 0.2) is 0 Å². The maximum atomic E-state index is 13.0. The van der Waals surface area contributed by atoms with E-state index in [1.807, 2.05) is 32.0 Å². The van der Waals surface area contributed by atoms with Gasteiger partial charge in [-0.15, -0.1) is 0 Å². The number of nitrogens with zero attached hydrogens (tertiary/aromatic N) is 2. The third-order valence-electron chi connectivity index (χ3n) is 4.31. The fourth-order valence-electron chi connectivity index (χ4n) is 2.58. The number of carbonyl (C=O) groups excluding carboxylic acids is 1. The van der Waals surface area contributed by atoms with Crippen molar-refractivity contribution in [2.45, 2.75) is 18.7 Å². The van der Waals surface area contributed by atoms with E-state index in [-0.39, 0.29) is 11.9 Å². The molecule has 6 nitrogen and oxygen atoms in total. The summed E-state index contributed by atoms with van der Waals surface area (Å²) in [6, 6.07) is 16.7. The van der Waals surface area contributed by atoms with Crippen molar-refractivity contribution in [3.05, 3.63) is 83.6 Å². The molecule has 0 aliphatic carbocycles. The lowest BCUT2D eigenvalue weighted by atomic mass is 10.2. The highest BCUT2D eigenvalue weighted by atomic mass is 32.2. The van der Waals surface area contributed by atoms with Gasteiger partial charge in [-0.2, -0.15) is 0 Å². The highest BCUT2D eigenvalue weighted by Gasteiger charge is 2.22. The summed E-state index contributed by atoms with van der Waals surface area (Å²) in [5, 5.41) is 2.67. The Morgan fingerprint density at radius 1 is 1.00 bits per heavy atom. The van der Waals surface area contributed by atoms with E-state index in [9.17, 15) is 13.2 Å². The van der Waals surface area contributed by atoms with Gasteiger partial charge < -0.3 is 5.32 Å². The maximum Gasteiger partial charge on any atom is 0.264 e. The number of hydrogen-bond acceptors (Lipinski definition) is 4. The van der Waals surface area contributed by atoms with Gasteiger partial charge in [-0.1, -0.05) is 29.8 Å². The van der Waals surface area contributed by atoms with Gasteiger partial charge >= 0.3 is 0 Å². The summed E-state index contributed by atoms with van der Waals surface area (Å²) in [4.78, 5) is 16.7. The Bertz CT molecular complexity index is 1100. The van der Waals surface area contributed by atoms with Crippen LogP contribution in [0.3, 0.4) is 0 Å². The Morgan fingerprint density at radius 2 is 1.68 bits per heavy atom. The normalized spacial score (nSPS) is 11.1. The molecule has 28 heavy (non-hydrogen) atoms. The lowest BCUT2D eigenvalue weighted by Gasteiger charge is -2.20. The van der Waals surface area contributed by atoms with Crippen LogP contribution in [0.15, 0.2) is 71.8 Å². The molecule has 146 valence electrons. The predicted octanol–water partition coefficient (Wildman–Crippen LogP) is 4.02. The summed E-state index contributed by atoms with van der Waals surface area (Å²) < 4.78 is 27.1. The van der Waals surface area contributed by atoms with Crippen molar-refractivity contribution >= 4 is 27.4 Å². The van der Waals surface area contributed by atoms with Crippen LogP contribution in [0.4, 0.5) is 11.5 Å². The molecule has 0 radical (unpaired) electrons. The third kappa shape index (κ3) is 4.20. The summed E-state index contributed by atoms with van der Waals surface area (Å²) >= 11 is 0. The standard InChI is InChI=1S/C21H21N3O3S.H2/c1-15-7-10-18(11-8-15)24(3)28(26,27)19-6-4-5-17(13-19)21(25)23-20-12-9-16(2)14-22-20;/h4-14H,1-3H3,(H,22,23,25);1H. The van der Waals surface area contributed by atoms with Crippen molar-refractivity contribution < 1.29 is 14.6 Å². The van der Waals surface area contributed by atoms with E-state index in [4.69, 9.17) is 0 Å². The number of amides is 1. The van der Waals surface area contributed by atoms with Gasteiger partial charge in [0.25, 0.3) is 15.9 Å². The van der Waals surface area contributed by atoms with Crippen LogP contribution >= 0.6 is 0 Å². The SMILES string of the molecule is Cc1ccc(N(C)S(=O)(=O)c2cccc(C(=O)Nc3ccc(C)cn3)c2)cc1.[HH]. The monoisotopic (exact) mass is 397 g/mol. The number of aromatic nitrogens is 1. The maximum absolute atomic E-state index is 13.0. The van der Waals surface area contributed by atoms with Crippen LogP contribution in [0.2, 0.25) is 0 Å². The van der Waals surface area contributed by atoms with E-state index in [0.717, 1.165) is 11.1 Å². The van der Waals surface area contributed by atoms with Crippen molar-refractivity contribution in [2.75, 3.05) is 16.7 Å². The second-order valence-corrected chi connectivity index (χ2v) is 8.48. The number of anilines is 2. The fourth-order valence-corrected chi connectivity index (χ4v) is 3.82. The number of pyridine rings is 1. The highest BCUT2D eigenvalue weighted by molar-refractivity contribution is 7.92. The zero-order chi connectivity index (χ0) is 20.3. The van der Waals surface area contributed by atoms with E-state index < -0.39 is 15.9 Å². The van der Waals surface area contributed by atoms with Crippen molar-refractivity contribution in [3.63, 3.8) is 0 Å². The molecular formula is C21H23N3O3S. The molecule has 0 unspecified atom stereocenters. The largest absolute Gasteiger partial charge is 0.307 e. The van der Waals surface area contributed by atoms with E-state index in [2.05, 4.69) is 10.3 Å². The zero-order valence-electron chi connectivity index (χ0n) is 15.9. The smallest absolute Gasteiger partial charge is 0.264 e. The Balaban J connectivity index is 0.00000300. The fraction of sp³-hybridized carbons (Fsp3) is 0.143. The molecule has 0 spiro atoms. The number of nitrogens with one attached hydrogen (secondary N) is 1. The van der Waals surface area contributed by atoms with Crippen LogP contribution in [0.1, 0.15) is 22.9 Å². The summed E-state index contributed by atoms with van der Waals surface area (Å²) in [5.74, 6) is -0.0213. The Morgan fingerprint density at radius 3 is 2.32 bits per heavy atom. The zero-order valence-corrected chi connectivity index (χ0v) is 16.7. The molecule has 0 aliphatic heterocycles. The Hall–Kier alpha value is -3.19. The second kappa shape index (κ2) is 7.82. The molecule has 0 atom stereocenters. The van der Waals surface area contributed by atoms with Crippen LogP contribution in [0.5, 0.6) is 0 Å². The van der Waals surface area contributed by atoms with Crippen molar-refractivity contribution in [1.82, 2.24) is 4.98 Å². The van der Waals surface area contributed by atoms with Crippen LogP contribution in [-0.4, -0.2) is 26.4 Å². The Kier molecular flexibility index (Phi) is 5.46. The summed E-state index contributed by atoms with van der Waals surface area (Å²) in [7, 11) is -2.31. The number of hydrogen-bond donors (Lipinski definition) is 1. The first-order valence-electron chi connectivity index (χ1n) is 8.67. The molecule has 1 heterocycles. The van der Waals surface area contributed by atoms with E-state index in [1.54, 1.807) is 36.5 Å². The topological polar surface area (TPSA) is 79.4 Å². The minimum absolute atomic E-state index is 0. The van der Waals surface area contributed by atoms with E-state index in [1.165, 1.54) is 23.5 Å². The third-order valence-corrected chi connectivity index (χ3v) is 6.09. The van der Waals surface area contributed by atoms with Crippen LogP contribution in [0.25, 0.3) is 0 Å². The van der Waals surface area contributed by atoms with Gasteiger partial charge in [0.1, 0.15) is 5.82 Å². The molecule has 0 bridgehead atoms. The molecule has 1 N–H and O–H groups in total. The summed E-state index contributed by atoms with van der Waals surface area (Å²) in [6.07, 6.45) is 1.65. The summed E-state index contributed by atoms with van der Waals surface area (Å²) in [6.45, 7) is 3.83. The van der Waals surface area contributed by atoms with E-state index >= 15 is 0 Å². The van der Waals surface area contributed by atoms with Crippen molar-refractivity contribution in [2.24, 2.45) is 0 Å². The number of sulfonamides is 1. The van der Waals surface area contributed by atoms with Crippen LogP contribution in [0, 0.1) is 13.8 Å². The molecule has 1 amide bonds. The molecule has 0 fully saturated rings. The van der Waals surface area contributed by atoms with Gasteiger partial charge in [-0.25, -0.2) is 13.4 Å². The van der Waals surface area contributed by atoms with Gasteiger partial charge in [-0.05, 0) is 55.8 Å². The minimum atomic E-state index is -3.80. The number of carbonyl (C=O) groups is 1. The molecule has 3 rings (SSSR count). The number of benzene rings is 2. The van der Waals surface area contributed by atoms with Crippen molar-refractivity contribution in [1.29, 1.82) is 0 Å². The molecule has 7 heteroatoms. The predicted molar refractivity (Wildman–Crippen MR) is 112 cm³/mol. The first kappa shape index (κ1) is 19.6. The first-order valence-corrected chi connectivity index (χ1v) is 10.1. The lowest BCUT2D eigenvalue weighted by Crippen LogP contribution is -2.26. The molecule has 0 saturated heterocycles. The molecule has 3 aromatic rings. The van der Waals surface area contributed by atoms with Crippen LogP contribution < -0.4 is 9.62 Å². The average molecular weight is 398 g/mol. The molecule has 0 aliphatic rings. The lowest BCUT2D eigenvalue weighted by molar-refractivity contribution is 0.102. The molecule has 0 saturated carbocycles. The number of rotatable bonds is 5. The highest BCUT2D eigenvalue weighted by Crippen LogP contribution is 2.23. The minimum Gasteiger partial charge on any atom is -0.307 e. The summed E-state index contributed by atoms with van der Waals surface area (Å²) in [5.41, 5.74) is 2.80. The molecule has 2 aromatic carbocycles. The van der Waals surface area contributed by atoms with E-state index in [0.29, 0.717) is 11.5 Å². The first-order chi connectivity index (χ1) is 13.3. The second-order valence-electron chi connectivity index (χ2n) is 6.51. The van der Waals surface area contributed by atoms with Gasteiger partial charge in [-0.3, -0.25) is 9.10 Å². The molecule has 1 aromatic heterocycles.